The normalized spacial score (nSPS) is 14.2. The number of carboxylic acid groups (broad SMARTS) is 1. The largest absolute Gasteiger partial charge is 0.493 e. The van der Waals surface area contributed by atoms with Crippen molar-refractivity contribution in [1.82, 2.24) is 25.3 Å². The van der Waals surface area contributed by atoms with Gasteiger partial charge in [-0.1, -0.05) is 6.07 Å². The van der Waals surface area contributed by atoms with Crippen molar-refractivity contribution in [3.8, 4) is 17.0 Å². The lowest BCUT2D eigenvalue weighted by atomic mass is 9.94. The van der Waals surface area contributed by atoms with Crippen LogP contribution in [-0.2, 0) is 17.6 Å². The van der Waals surface area contributed by atoms with Crippen LogP contribution in [0.1, 0.15) is 32.5 Å². The molecule has 0 radical (unpaired) electrons. The van der Waals surface area contributed by atoms with E-state index in [-0.39, 0.29) is 23.3 Å². The summed E-state index contributed by atoms with van der Waals surface area (Å²) in [7, 11) is 0. The first kappa shape index (κ1) is 30.4. The third-order valence-corrected chi connectivity index (χ3v) is 7.56. The van der Waals surface area contributed by atoms with Crippen molar-refractivity contribution < 1.29 is 37.0 Å². The molecule has 2 aromatic carbocycles. The number of alkyl halides is 3. The van der Waals surface area contributed by atoms with E-state index in [2.05, 4.69) is 31.3 Å². The third-order valence-electron chi connectivity index (χ3n) is 6.62. The highest BCUT2D eigenvalue weighted by molar-refractivity contribution is 7.09. The molecule has 3 aromatic heterocycles. The Morgan fingerprint density at radius 3 is 2.66 bits per heavy atom. The lowest BCUT2D eigenvalue weighted by molar-refractivity contribution is -0.192. The summed E-state index contributed by atoms with van der Waals surface area (Å²) < 4.78 is 52.7. The van der Waals surface area contributed by atoms with Crippen molar-refractivity contribution in [1.29, 1.82) is 0 Å². The van der Waals surface area contributed by atoms with Crippen molar-refractivity contribution in [2.45, 2.75) is 24.9 Å². The molecule has 0 bridgehead atoms. The average molecular weight is 629 g/mol. The average Bonchev–Trinajstić information content (AvgIpc) is 3.67. The first-order valence-electron chi connectivity index (χ1n) is 13.1. The van der Waals surface area contributed by atoms with Gasteiger partial charge in [-0.2, -0.15) is 13.2 Å². The van der Waals surface area contributed by atoms with E-state index in [4.69, 9.17) is 20.4 Å². The fourth-order valence-electron chi connectivity index (χ4n) is 4.54. The van der Waals surface area contributed by atoms with E-state index >= 15 is 0 Å². The van der Waals surface area contributed by atoms with Crippen LogP contribution in [0.5, 0.6) is 5.75 Å². The number of hydrogen-bond acceptors (Lipinski definition) is 8. The van der Waals surface area contributed by atoms with Crippen LogP contribution in [-0.4, -0.2) is 56.2 Å². The van der Waals surface area contributed by atoms with Crippen molar-refractivity contribution in [2.75, 3.05) is 18.9 Å². The number of nitrogens with two attached hydrogens (primary N) is 1. The molecule has 1 atom stereocenters. The molecule has 5 N–H and O–H groups in total. The Morgan fingerprint density at radius 1 is 1.16 bits per heavy atom. The van der Waals surface area contributed by atoms with Crippen LogP contribution in [0.15, 0.2) is 60.1 Å². The van der Waals surface area contributed by atoms with Gasteiger partial charge in [0.2, 0.25) is 5.95 Å². The molecular formula is C29H24F4N6O4S. The molecule has 44 heavy (non-hydrogen) atoms. The minimum Gasteiger partial charge on any atom is -0.493 e. The van der Waals surface area contributed by atoms with Crippen LogP contribution < -0.4 is 15.8 Å². The maximum Gasteiger partial charge on any atom is 0.490 e. The topological polar surface area (TPSA) is 156 Å². The molecule has 1 aliphatic heterocycles. The second-order valence-electron chi connectivity index (χ2n) is 9.70. The molecule has 0 saturated heterocycles. The van der Waals surface area contributed by atoms with Gasteiger partial charge in [0.1, 0.15) is 17.1 Å². The Labute approximate surface area is 250 Å². The van der Waals surface area contributed by atoms with Gasteiger partial charge in [0, 0.05) is 28.7 Å². The lowest BCUT2D eigenvalue weighted by Crippen LogP contribution is -2.26. The van der Waals surface area contributed by atoms with Crippen LogP contribution in [0.3, 0.4) is 0 Å². The Balaban J connectivity index is 0.000000493. The number of hydrogen-bond donors (Lipinski definition) is 4. The summed E-state index contributed by atoms with van der Waals surface area (Å²) in [6, 6.07) is 14.4. The van der Waals surface area contributed by atoms with Gasteiger partial charge in [-0.25, -0.2) is 24.1 Å². The number of nitrogen functional groups attached to an aromatic ring is 1. The summed E-state index contributed by atoms with van der Waals surface area (Å²) >= 11 is 1.68. The minimum atomic E-state index is -5.08. The highest BCUT2D eigenvalue weighted by atomic mass is 32.1. The molecule has 6 rings (SSSR count). The number of aliphatic carboxylic acids is 1. The van der Waals surface area contributed by atoms with Gasteiger partial charge in [-0.05, 0) is 66.2 Å². The number of anilines is 1. The molecule has 0 saturated carbocycles. The highest BCUT2D eigenvalue weighted by Gasteiger charge is 2.38. The SMILES string of the molecule is Nc1nccc(-c2cc(F)c3nc(C4COc5ccc(C(=O)NCCc6cccs6)cc5C4)[nH]c3c2)n1.O=C(O)C(F)(F)F. The second-order valence-corrected chi connectivity index (χ2v) is 10.7. The Kier molecular flexibility index (Phi) is 8.76. The number of aromatic amines is 1. The van der Waals surface area contributed by atoms with Gasteiger partial charge in [0.05, 0.1) is 23.7 Å². The van der Waals surface area contributed by atoms with E-state index in [0.29, 0.717) is 47.7 Å². The number of rotatable bonds is 6. The zero-order valence-electron chi connectivity index (χ0n) is 22.7. The molecule has 1 aliphatic rings. The molecule has 228 valence electrons. The summed E-state index contributed by atoms with van der Waals surface area (Å²) in [6.45, 7) is 0.972. The van der Waals surface area contributed by atoms with E-state index < -0.39 is 18.0 Å². The number of nitrogens with one attached hydrogen (secondary N) is 2. The van der Waals surface area contributed by atoms with E-state index in [1.807, 2.05) is 23.6 Å². The summed E-state index contributed by atoms with van der Waals surface area (Å²) in [4.78, 5) is 38.7. The summed E-state index contributed by atoms with van der Waals surface area (Å²) in [5, 5.41) is 12.1. The molecule has 0 aliphatic carbocycles. The molecule has 1 unspecified atom stereocenters. The van der Waals surface area contributed by atoms with Gasteiger partial charge in [-0.15, -0.1) is 11.3 Å². The van der Waals surface area contributed by atoms with Crippen LogP contribution in [0.2, 0.25) is 0 Å². The number of fused-ring (bicyclic) bond motifs is 2. The molecular weight excluding hydrogens is 604 g/mol. The predicted octanol–water partition coefficient (Wildman–Crippen LogP) is 5.13. The number of carbonyl (C=O) groups excluding carboxylic acids is 1. The van der Waals surface area contributed by atoms with Crippen molar-refractivity contribution in [3.63, 3.8) is 0 Å². The van der Waals surface area contributed by atoms with Crippen LogP contribution in [0.25, 0.3) is 22.3 Å². The molecule has 5 aromatic rings. The molecule has 10 nitrogen and oxygen atoms in total. The number of ether oxygens (including phenoxy) is 1. The van der Waals surface area contributed by atoms with E-state index in [9.17, 15) is 22.4 Å². The maximum absolute atomic E-state index is 15.0. The number of imidazole rings is 1. The minimum absolute atomic E-state index is 0.116. The van der Waals surface area contributed by atoms with Gasteiger partial charge in [0.25, 0.3) is 5.91 Å². The number of carboxylic acids is 1. The first-order valence-corrected chi connectivity index (χ1v) is 14.0. The molecule has 0 spiro atoms. The molecule has 0 fully saturated rings. The van der Waals surface area contributed by atoms with Gasteiger partial charge in [-0.3, -0.25) is 4.79 Å². The number of thiophene rings is 1. The van der Waals surface area contributed by atoms with E-state index in [1.54, 1.807) is 29.5 Å². The Bertz CT molecular complexity index is 1810. The standard InChI is InChI=1S/C27H23FN6O2S.C2HF3O2/c28-20-12-16(21-6-8-31-27(29)33-21)13-22-24(20)34-25(32-22)18-11-17-10-15(3-4-23(17)36-14-18)26(35)30-7-5-19-2-1-9-37-19;3-2(4,5)1(6)7/h1-4,6,8-10,12-13,18H,5,7,11,14H2,(H,30,35)(H,32,34)(H2,29,31,33);(H,6,7). The number of H-pyrrole nitrogens is 1. The van der Waals surface area contributed by atoms with Crippen molar-refractivity contribution in [2.24, 2.45) is 0 Å². The lowest BCUT2D eigenvalue weighted by Gasteiger charge is -2.24. The zero-order valence-corrected chi connectivity index (χ0v) is 23.5. The smallest absolute Gasteiger partial charge is 0.490 e. The van der Waals surface area contributed by atoms with Crippen LogP contribution in [0.4, 0.5) is 23.5 Å². The number of benzene rings is 2. The molecule has 15 heteroatoms. The quantitative estimate of drug-likeness (QED) is 0.189. The predicted molar refractivity (Wildman–Crippen MR) is 154 cm³/mol. The second kappa shape index (κ2) is 12.7. The third kappa shape index (κ3) is 7.11. The number of carbonyl (C=O) groups is 2. The monoisotopic (exact) mass is 628 g/mol. The fourth-order valence-corrected chi connectivity index (χ4v) is 5.25. The van der Waals surface area contributed by atoms with E-state index in [0.717, 1.165) is 17.7 Å². The molecule has 1 amide bonds. The Hall–Kier alpha value is -5.05. The summed E-state index contributed by atoms with van der Waals surface area (Å²) in [5.41, 5.74) is 9.11. The fraction of sp³-hybridized carbons (Fsp3) is 0.207. The van der Waals surface area contributed by atoms with Crippen LogP contribution in [0, 0.1) is 5.82 Å². The number of amides is 1. The van der Waals surface area contributed by atoms with Gasteiger partial charge >= 0.3 is 12.1 Å². The van der Waals surface area contributed by atoms with E-state index in [1.165, 1.54) is 17.1 Å². The number of halogens is 4. The summed E-state index contributed by atoms with van der Waals surface area (Å²) in [5.74, 6) is -1.95. The number of nitrogens with zero attached hydrogens (tertiary/aromatic N) is 3. The Morgan fingerprint density at radius 2 is 1.95 bits per heavy atom. The van der Waals surface area contributed by atoms with Gasteiger partial charge < -0.3 is 25.9 Å². The highest BCUT2D eigenvalue weighted by Crippen LogP contribution is 2.34. The maximum atomic E-state index is 15.0. The van der Waals surface area contributed by atoms with Crippen molar-refractivity contribution in [3.05, 3.63) is 87.8 Å². The summed E-state index contributed by atoms with van der Waals surface area (Å²) in [6.07, 6.45) is -2.13. The van der Waals surface area contributed by atoms with Crippen LogP contribution >= 0.6 is 11.3 Å². The first-order chi connectivity index (χ1) is 21.0. The molecule has 4 heterocycles. The zero-order chi connectivity index (χ0) is 31.4. The van der Waals surface area contributed by atoms with Gasteiger partial charge in [0.15, 0.2) is 5.82 Å². The van der Waals surface area contributed by atoms with Crippen molar-refractivity contribution >= 4 is 40.2 Å². The number of aromatic nitrogens is 4.